The molecule has 2 aliphatic heterocycles. The highest BCUT2D eigenvalue weighted by molar-refractivity contribution is 6.03. The predicted molar refractivity (Wildman–Crippen MR) is 133 cm³/mol. The van der Waals surface area contributed by atoms with Crippen molar-refractivity contribution in [1.82, 2.24) is 16.0 Å². The van der Waals surface area contributed by atoms with Crippen molar-refractivity contribution in [3.05, 3.63) is 65.9 Å². The third-order valence-electron chi connectivity index (χ3n) is 5.52. The van der Waals surface area contributed by atoms with Gasteiger partial charge in [0, 0.05) is 30.3 Å². The fourth-order valence-electron chi connectivity index (χ4n) is 3.89. The molecular formula is C26H36N4O3. The van der Waals surface area contributed by atoms with Gasteiger partial charge in [-0.2, -0.15) is 0 Å². The molecule has 3 amide bonds. The van der Waals surface area contributed by atoms with Crippen LogP contribution in [0, 0.1) is 0 Å². The van der Waals surface area contributed by atoms with Crippen LogP contribution in [-0.2, 0) is 9.59 Å². The number of anilines is 1. The zero-order valence-electron chi connectivity index (χ0n) is 19.9. The molecule has 0 saturated carbocycles. The van der Waals surface area contributed by atoms with Crippen LogP contribution < -0.4 is 20.9 Å². The Bertz CT molecular complexity index is 914. The van der Waals surface area contributed by atoms with Crippen molar-refractivity contribution < 1.29 is 14.4 Å². The lowest BCUT2D eigenvalue weighted by molar-refractivity contribution is -0.118. The van der Waals surface area contributed by atoms with Crippen LogP contribution >= 0.6 is 0 Å². The minimum atomic E-state index is -0.351. The standard InChI is InChI=1S/C24H30N4O3.C2H6/c1-3-7-21(20(4-2)24(31)26-18-11-13-25-14-12-18)27-23(30)17-8-5-9-19(16-17)28-15-6-10-22(28)29;1-2/h3-5,7-9,16,18,25H,1,6,10-15H2,2H3,(H,26,31)(H,27,30);1-2H3/b20-4+,21-7+;. The quantitative estimate of drug-likeness (QED) is 0.437. The molecule has 3 N–H and O–H groups in total. The van der Waals surface area contributed by atoms with E-state index in [0.717, 1.165) is 32.4 Å². The van der Waals surface area contributed by atoms with Crippen LogP contribution in [-0.4, -0.2) is 43.4 Å². The SMILES string of the molecule is C=C/C=C(NC(=O)c1cccc(N2CCCC2=O)c1)\C(=C/C)C(=O)NC1CCNCC1.CC. The first kappa shape index (κ1) is 26.1. The predicted octanol–water partition coefficient (Wildman–Crippen LogP) is 3.45. The summed E-state index contributed by atoms with van der Waals surface area (Å²) in [6.45, 7) is 11.9. The van der Waals surface area contributed by atoms with E-state index in [-0.39, 0.29) is 23.8 Å². The van der Waals surface area contributed by atoms with Crippen LogP contribution in [0.5, 0.6) is 0 Å². The van der Waals surface area contributed by atoms with E-state index in [1.807, 2.05) is 19.9 Å². The average molecular weight is 453 g/mol. The molecular weight excluding hydrogens is 416 g/mol. The van der Waals surface area contributed by atoms with Gasteiger partial charge in [0.15, 0.2) is 0 Å². The molecule has 1 aromatic carbocycles. The Hall–Kier alpha value is -3.19. The number of benzene rings is 1. The van der Waals surface area contributed by atoms with Crippen LogP contribution in [0.15, 0.2) is 60.3 Å². The van der Waals surface area contributed by atoms with Gasteiger partial charge in [0.2, 0.25) is 5.91 Å². The van der Waals surface area contributed by atoms with Crippen LogP contribution in [0.1, 0.15) is 56.8 Å². The van der Waals surface area contributed by atoms with Crippen molar-refractivity contribution in [3.63, 3.8) is 0 Å². The first-order valence-corrected chi connectivity index (χ1v) is 11.8. The van der Waals surface area contributed by atoms with Crippen LogP contribution in [0.3, 0.4) is 0 Å². The maximum absolute atomic E-state index is 13.0. The van der Waals surface area contributed by atoms with Crippen molar-refractivity contribution in [2.24, 2.45) is 0 Å². The molecule has 1 aromatic rings. The van der Waals surface area contributed by atoms with Crippen molar-refractivity contribution in [3.8, 4) is 0 Å². The smallest absolute Gasteiger partial charge is 0.255 e. The molecule has 0 spiro atoms. The third-order valence-corrected chi connectivity index (χ3v) is 5.52. The van der Waals surface area contributed by atoms with Gasteiger partial charge in [-0.3, -0.25) is 14.4 Å². The second kappa shape index (κ2) is 13.4. The average Bonchev–Trinajstić information content (AvgIpc) is 3.27. The first-order valence-electron chi connectivity index (χ1n) is 11.8. The van der Waals surface area contributed by atoms with E-state index in [9.17, 15) is 14.4 Å². The number of piperidine rings is 1. The molecule has 0 unspecified atom stereocenters. The zero-order valence-corrected chi connectivity index (χ0v) is 19.9. The summed E-state index contributed by atoms with van der Waals surface area (Å²) in [6.07, 6.45) is 7.93. The highest BCUT2D eigenvalue weighted by Crippen LogP contribution is 2.22. The van der Waals surface area contributed by atoms with E-state index in [4.69, 9.17) is 0 Å². The van der Waals surface area contributed by atoms with E-state index in [0.29, 0.717) is 35.5 Å². The second-order valence-electron chi connectivity index (χ2n) is 7.67. The number of nitrogens with zero attached hydrogens (tertiary/aromatic N) is 1. The molecule has 0 radical (unpaired) electrons. The highest BCUT2D eigenvalue weighted by atomic mass is 16.2. The number of rotatable bonds is 7. The summed E-state index contributed by atoms with van der Waals surface area (Å²) in [5.74, 6) is -0.509. The van der Waals surface area contributed by atoms with Gasteiger partial charge in [-0.15, -0.1) is 0 Å². The van der Waals surface area contributed by atoms with Crippen LogP contribution in [0.2, 0.25) is 0 Å². The second-order valence-corrected chi connectivity index (χ2v) is 7.67. The summed E-state index contributed by atoms with van der Waals surface area (Å²) >= 11 is 0. The van der Waals surface area contributed by atoms with Crippen molar-refractivity contribution in [2.45, 2.75) is 52.5 Å². The molecule has 178 valence electrons. The molecule has 0 bridgehead atoms. The zero-order chi connectivity index (χ0) is 24.2. The van der Waals surface area contributed by atoms with E-state index < -0.39 is 0 Å². The summed E-state index contributed by atoms with van der Waals surface area (Å²) < 4.78 is 0. The van der Waals surface area contributed by atoms with E-state index in [2.05, 4.69) is 22.5 Å². The normalized spacial score (nSPS) is 17.2. The molecule has 0 aromatic heterocycles. The van der Waals surface area contributed by atoms with Gasteiger partial charge < -0.3 is 20.9 Å². The largest absolute Gasteiger partial charge is 0.349 e. The molecule has 3 rings (SSSR count). The fraction of sp³-hybridized carbons (Fsp3) is 0.423. The van der Waals surface area contributed by atoms with Gasteiger partial charge in [0.05, 0.1) is 11.3 Å². The van der Waals surface area contributed by atoms with Gasteiger partial charge in [-0.1, -0.05) is 38.6 Å². The molecule has 2 fully saturated rings. The Morgan fingerprint density at radius 2 is 1.94 bits per heavy atom. The minimum Gasteiger partial charge on any atom is -0.349 e. The Morgan fingerprint density at radius 1 is 1.21 bits per heavy atom. The van der Waals surface area contributed by atoms with Crippen LogP contribution in [0.4, 0.5) is 5.69 Å². The minimum absolute atomic E-state index is 0.0654. The molecule has 2 heterocycles. The number of amides is 3. The number of allylic oxidation sites excluding steroid dienone is 3. The molecule has 2 aliphatic rings. The first-order chi connectivity index (χ1) is 16.0. The third kappa shape index (κ3) is 7.15. The van der Waals surface area contributed by atoms with E-state index >= 15 is 0 Å². The van der Waals surface area contributed by atoms with Gasteiger partial charge in [0.25, 0.3) is 11.8 Å². The summed E-state index contributed by atoms with van der Waals surface area (Å²) in [7, 11) is 0. The Morgan fingerprint density at radius 3 is 2.55 bits per heavy atom. The van der Waals surface area contributed by atoms with Crippen molar-refractivity contribution in [1.29, 1.82) is 0 Å². The Kier molecular flexibility index (Phi) is 10.6. The Labute approximate surface area is 197 Å². The monoisotopic (exact) mass is 452 g/mol. The molecule has 2 saturated heterocycles. The number of carbonyl (C=O) groups excluding carboxylic acids is 3. The fourth-order valence-corrected chi connectivity index (χ4v) is 3.89. The van der Waals surface area contributed by atoms with Crippen molar-refractivity contribution in [2.75, 3.05) is 24.5 Å². The van der Waals surface area contributed by atoms with Gasteiger partial charge >= 0.3 is 0 Å². The topological polar surface area (TPSA) is 90.5 Å². The maximum atomic E-state index is 13.0. The number of nitrogens with one attached hydrogen (secondary N) is 3. The molecule has 7 nitrogen and oxygen atoms in total. The summed E-state index contributed by atoms with van der Waals surface area (Å²) in [6, 6.07) is 7.08. The highest BCUT2D eigenvalue weighted by Gasteiger charge is 2.23. The lowest BCUT2D eigenvalue weighted by Crippen LogP contribution is -2.44. The number of hydrogen-bond donors (Lipinski definition) is 3. The number of hydrogen-bond acceptors (Lipinski definition) is 4. The summed E-state index contributed by atoms with van der Waals surface area (Å²) in [5, 5.41) is 9.17. The summed E-state index contributed by atoms with van der Waals surface area (Å²) in [5.41, 5.74) is 1.90. The van der Waals surface area contributed by atoms with Gasteiger partial charge in [-0.25, -0.2) is 0 Å². The lowest BCUT2D eigenvalue weighted by atomic mass is 10.0. The number of carbonyl (C=O) groups is 3. The molecule has 7 heteroatoms. The van der Waals surface area contributed by atoms with Gasteiger partial charge in [0.1, 0.15) is 0 Å². The van der Waals surface area contributed by atoms with Gasteiger partial charge in [-0.05, 0) is 63.6 Å². The van der Waals surface area contributed by atoms with E-state index in [1.165, 1.54) is 6.08 Å². The van der Waals surface area contributed by atoms with Crippen molar-refractivity contribution >= 4 is 23.4 Å². The summed E-state index contributed by atoms with van der Waals surface area (Å²) in [4.78, 5) is 39.6. The molecule has 33 heavy (non-hydrogen) atoms. The Balaban J connectivity index is 0.00000187. The van der Waals surface area contributed by atoms with E-state index in [1.54, 1.807) is 42.2 Å². The molecule has 0 aliphatic carbocycles. The van der Waals surface area contributed by atoms with Crippen LogP contribution in [0.25, 0.3) is 0 Å². The lowest BCUT2D eigenvalue weighted by Gasteiger charge is -2.24. The maximum Gasteiger partial charge on any atom is 0.255 e. The molecule has 0 atom stereocenters.